The Kier molecular flexibility index (Phi) is 6.69. The fraction of sp³-hybridized carbons (Fsp3) is 0.429. The summed E-state index contributed by atoms with van der Waals surface area (Å²) >= 11 is 5.95. The van der Waals surface area contributed by atoms with Crippen molar-refractivity contribution in [3.63, 3.8) is 0 Å². The summed E-state index contributed by atoms with van der Waals surface area (Å²) in [6, 6.07) is 8.86. The molecule has 29 heavy (non-hydrogen) atoms. The second-order valence-electron chi connectivity index (χ2n) is 7.56. The Balaban J connectivity index is 1.80. The van der Waals surface area contributed by atoms with Crippen LogP contribution in [0.25, 0.3) is 0 Å². The first-order valence-electron chi connectivity index (χ1n) is 9.62. The van der Waals surface area contributed by atoms with Crippen molar-refractivity contribution in [1.82, 2.24) is 19.8 Å². The van der Waals surface area contributed by atoms with E-state index in [2.05, 4.69) is 9.97 Å². The number of carbonyl (C=O) groups is 2. The molecule has 0 radical (unpaired) electrons. The van der Waals surface area contributed by atoms with Gasteiger partial charge in [0.15, 0.2) is 0 Å². The van der Waals surface area contributed by atoms with E-state index in [1.54, 1.807) is 37.5 Å². The zero-order valence-corrected chi connectivity index (χ0v) is 17.8. The van der Waals surface area contributed by atoms with Gasteiger partial charge in [0, 0.05) is 69.5 Å². The van der Waals surface area contributed by atoms with E-state index in [-0.39, 0.29) is 17.7 Å². The van der Waals surface area contributed by atoms with Gasteiger partial charge in [-0.15, -0.1) is 0 Å². The highest BCUT2D eigenvalue weighted by Gasteiger charge is 2.28. The van der Waals surface area contributed by atoms with Crippen LogP contribution in [-0.4, -0.2) is 71.9 Å². The van der Waals surface area contributed by atoms with E-state index in [1.165, 1.54) is 0 Å². The van der Waals surface area contributed by atoms with Crippen molar-refractivity contribution in [3.8, 4) is 0 Å². The van der Waals surface area contributed by atoms with Crippen LogP contribution < -0.4 is 4.90 Å². The number of hydrogen-bond donors (Lipinski definition) is 0. The fourth-order valence-corrected chi connectivity index (χ4v) is 3.64. The molecule has 7 nitrogen and oxygen atoms in total. The van der Waals surface area contributed by atoms with Crippen molar-refractivity contribution >= 4 is 29.2 Å². The van der Waals surface area contributed by atoms with E-state index >= 15 is 0 Å². The number of halogens is 1. The maximum Gasteiger partial charge on any atom is 0.253 e. The molecular weight excluding hydrogens is 390 g/mol. The predicted octanol–water partition coefficient (Wildman–Crippen LogP) is 2.36. The lowest BCUT2D eigenvalue weighted by atomic mass is 10.0. The largest absolute Gasteiger partial charge is 0.363 e. The third kappa shape index (κ3) is 5.44. The zero-order chi connectivity index (χ0) is 21.0. The average Bonchev–Trinajstić information content (AvgIpc) is 2.91. The molecule has 0 unspecified atom stereocenters. The molecule has 1 aromatic carbocycles. The molecule has 2 heterocycles. The Labute approximate surface area is 176 Å². The molecule has 0 bridgehead atoms. The van der Waals surface area contributed by atoms with Crippen molar-refractivity contribution in [3.05, 3.63) is 52.9 Å². The van der Waals surface area contributed by atoms with Gasteiger partial charge >= 0.3 is 0 Å². The van der Waals surface area contributed by atoms with Crippen LogP contribution >= 0.6 is 11.6 Å². The molecule has 0 aliphatic carbocycles. The van der Waals surface area contributed by atoms with Gasteiger partial charge in [0.1, 0.15) is 12.1 Å². The predicted molar refractivity (Wildman–Crippen MR) is 113 cm³/mol. The first kappa shape index (κ1) is 21.0. The Morgan fingerprint density at radius 3 is 2.41 bits per heavy atom. The first-order valence-corrected chi connectivity index (χ1v) is 10.00. The van der Waals surface area contributed by atoms with Crippen LogP contribution in [0.2, 0.25) is 5.02 Å². The van der Waals surface area contributed by atoms with E-state index in [0.29, 0.717) is 43.2 Å². The molecule has 3 rings (SSSR count). The maximum atomic E-state index is 13.0. The number of rotatable bonds is 4. The monoisotopic (exact) mass is 415 g/mol. The standard InChI is InChI=1S/C21H26ClN5O2/c1-15(28)26-8-9-27(21(29)17-4-6-18(22)7-5-17)13-16(12-26)10-19-11-20(25(2)3)24-14-23-19/h4-7,11,14,16H,8-10,12-13H2,1-3H3/t16-/m1/s1. The highest BCUT2D eigenvalue weighted by molar-refractivity contribution is 6.30. The van der Waals surface area contributed by atoms with E-state index in [0.717, 1.165) is 11.5 Å². The Morgan fingerprint density at radius 2 is 1.76 bits per heavy atom. The van der Waals surface area contributed by atoms with Gasteiger partial charge in [-0.3, -0.25) is 9.59 Å². The minimum Gasteiger partial charge on any atom is -0.363 e. The van der Waals surface area contributed by atoms with Gasteiger partial charge in [-0.05, 0) is 36.6 Å². The zero-order valence-electron chi connectivity index (χ0n) is 17.0. The number of anilines is 1. The fourth-order valence-electron chi connectivity index (χ4n) is 3.52. The van der Waals surface area contributed by atoms with Crippen LogP contribution in [0.5, 0.6) is 0 Å². The summed E-state index contributed by atoms with van der Waals surface area (Å²) in [7, 11) is 3.86. The van der Waals surface area contributed by atoms with Crippen LogP contribution in [0.4, 0.5) is 5.82 Å². The number of hydrogen-bond acceptors (Lipinski definition) is 5. The Morgan fingerprint density at radius 1 is 1.10 bits per heavy atom. The summed E-state index contributed by atoms with van der Waals surface area (Å²) in [4.78, 5) is 39.3. The molecule has 1 aliphatic heterocycles. The van der Waals surface area contributed by atoms with Crippen molar-refractivity contribution in [2.75, 3.05) is 45.2 Å². The number of aromatic nitrogens is 2. The van der Waals surface area contributed by atoms with Crippen LogP contribution in [-0.2, 0) is 11.2 Å². The third-order valence-electron chi connectivity index (χ3n) is 5.09. The summed E-state index contributed by atoms with van der Waals surface area (Å²) in [5, 5.41) is 0.596. The lowest BCUT2D eigenvalue weighted by molar-refractivity contribution is -0.129. The van der Waals surface area contributed by atoms with Gasteiger partial charge < -0.3 is 14.7 Å². The van der Waals surface area contributed by atoms with Crippen molar-refractivity contribution < 1.29 is 9.59 Å². The summed E-state index contributed by atoms with van der Waals surface area (Å²) in [6.07, 6.45) is 2.22. The minimum atomic E-state index is -0.0475. The highest BCUT2D eigenvalue weighted by atomic mass is 35.5. The molecule has 1 atom stereocenters. The molecule has 1 fully saturated rings. The van der Waals surface area contributed by atoms with Crippen LogP contribution in [0.1, 0.15) is 23.0 Å². The van der Waals surface area contributed by atoms with Crippen LogP contribution in [0, 0.1) is 5.92 Å². The number of nitrogens with zero attached hydrogens (tertiary/aromatic N) is 5. The second kappa shape index (κ2) is 9.22. The SMILES string of the molecule is CC(=O)N1CCN(C(=O)c2ccc(Cl)cc2)C[C@H](Cc2cc(N(C)C)ncn2)C1. The van der Waals surface area contributed by atoms with E-state index < -0.39 is 0 Å². The summed E-state index contributed by atoms with van der Waals surface area (Å²) in [5.41, 5.74) is 1.50. The van der Waals surface area contributed by atoms with Crippen molar-refractivity contribution in [2.45, 2.75) is 13.3 Å². The van der Waals surface area contributed by atoms with E-state index in [9.17, 15) is 9.59 Å². The van der Waals surface area contributed by atoms with Gasteiger partial charge in [0.2, 0.25) is 5.91 Å². The highest BCUT2D eigenvalue weighted by Crippen LogP contribution is 2.19. The van der Waals surface area contributed by atoms with Gasteiger partial charge in [-0.25, -0.2) is 9.97 Å². The van der Waals surface area contributed by atoms with Gasteiger partial charge in [-0.2, -0.15) is 0 Å². The van der Waals surface area contributed by atoms with Crippen LogP contribution in [0.3, 0.4) is 0 Å². The maximum absolute atomic E-state index is 13.0. The summed E-state index contributed by atoms with van der Waals surface area (Å²) in [5.74, 6) is 0.893. The molecule has 1 saturated heterocycles. The van der Waals surface area contributed by atoms with Gasteiger partial charge in [-0.1, -0.05) is 11.6 Å². The van der Waals surface area contributed by atoms with E-state index in [4.69, 9.17) is 11.6 Å². The molecule has 0 saturated carbocycles. The Hall–Kier alpha value is -2.67. The summed E-state index contributed by atoms with van der Waals surface area (Å²) < 4.78 is 0. The van der Waals surface area contributed by atoms with E-state index in [1.807, 2.05) is 34.9 Å². The topological polar surface area (TPSA) is 69.6 Å². The lowest BCUT2D eigenvalue weighted by Gasteiger charge is -2.24. The first-order chi connectivity index (χ1) is 13.8. The van der Waals surface area contributed by atoms with Gasteiger partial charge in [0.25, 0.3) is 5.91 Å². The Bertz CT molecular complexity index is 872. The molecule has 0 N–H and O–H groups in total. The number of carbonyl (C=O) groups excluding carboxylic acids is 2. The number of benzene rings is 1. The molecule has 2 aromatic rings. The summed E-state index contributed by atoms with van der Waals surface area (Å²) in [6.45, 7) is 3.76. The third-order valence-corrected chi connectivity index (χ3v) is 5.34. The molecule has 1 aromatic heterocycles. The lowest BCUT2D eigenvalue weighted by Crippen LogP contribution is -2.36. The smallest absolute Gasteiger partial charge is 0.253 e. The molecule has 2 amide bonds. The van der Waals surface area contributed by atoms with Crippen LogP contribution in [0.15, 0.2) is 36.7 Å². The molecule has 1 aliphatic rings. The molecule has 0 spiro atoms. The van der Waals surface area contributed by atoms with Gasteiger partial charge in [0.05, 0.1) is 0 Å². The second-order valence-corrected chi connectivity index (χ2v) is 7.99. The van der Waals surface area contributed by atoms with Crippen molar-refractivity contribution in [1.29, 1.82) is 0 Å². The average molecular weight is 416 g/mol. The number of amides is 2. The molecular formula is C21H26ClN5O2. The molecule has 154 valence electrons. The molecule has 8 heteroatoms. The quantitative estimate of drug-likeness (QED) is 0.766. The van der Waals surface area contributed by atoms with Crippen molar-refractivity contribution in [2.24, 2.45) is 5.92 Å². The minimum absolute atomic E-state index is 0.0208. The normalized spacial score (nSPS) is 17.0.